The molecule has 0 amide bonds. The Labute approximate surface area is 82.8 Å². The molecule has 0 aliphatic rings. The molecule has 0 saturated heterocycles. The van der Waals surface area contributed by atoms with Crippen LogP contribution in [-0.4, -0.2) is 11.3 Å². The Balaban J connectivity index is 3.13. The summed E-state index contributed by atoms with van der Waals surface area (Å²) in [5.41, 5.74) is 0. The molecule has 0 aliphatic carbocycles. The maximum absolute atomic E-state index is 12.8. The van der Waals surface area contributed by atoms with Crippen LogP contribution in [0.2, 0.25) is 0 Å². The first-order chi connectivity index (χ1) is 6.31. The van der Waals surface area contributed by atoms with Crippen LogP contribution >= 0.6 is 15.9 Å². The molecule has 8 heteroatoms. The van der Waals surface area contributed by atoms with Gasteiger partial charge in [0.05, 0.1) is 4.47 Å². The summed E-state index contributed by atoms with van der Waals surface area (Å²) < 4.78 is 63.0. The fourth-order valence-electron chi connectivity index (χ4n) is 0.630. The lowest BCUT2D eigenvalue weighted by Gasteiger charge is -2.09. The van der Waals surface area contributed by atoms with Gasteiger partial charge in [0.25, 0.3) is 5.95 Å². The largest absolute Gasteiger partial charge is 0.573 e. The second kappa shape index (κ2) is 3.68. The molecule has 0 atom stereocenters. The van der Waals surface area contributed by atoms with Gasteiger partial charge in [-0.15, -0.1) is 13.2 Å². The molecule has 1 aromatic heterocycles. The minimum absolute atomic E-state index is 0.418. The summed E-state index contributed by atoms with van der Waals surface area (Å²) in [7, 11) is 0. The molecular weight excluding hydrogens is 277 g/mol. The summed E-state index contributed by atoms with van der Waals surface area (Å²) in [4.78, 5) is 2.85. The predicted octanol–water partition coefficient (Wildman–Crippen LogP) is 3.02. The van der Waals surface area contributed by atoms with Crippen LogP contribution < -0.4 is 4.74 Å². The van der Waals surface area contributed by atoms with Crippen LogP contribution in [-0.2, 0) is 0 Å². The lowest BCUT2D eigenvalue weighted by atomic mass is 10.4. The highest BCUT2D eigenvalue weighted by Gasteiger charge is 2.34. The zero-order valence-corrected chi connectivity index (χ0v) is 7.79. The fraction of sp³-hybridized carbons (Fsp3) is 0.167. The van der Waals surface area contributed by atoms with Gasteiger partial charge in [-0.05, 0) is 15.9 Å². The third-order valence-corrected chi connectivity index (χ3v) is 1.66. The molecule has 1 aromatic rings. The molecule has 0 aliphatic heterocycles. The van der Waals surface area contributed by atoms with E-state index in [0.717, 1.165) is 0 Å². The van der Waals surface area contributed by atoms with Crippen molar-refractivity contribution in [3.8, 4) is 5.75 Å². The summed E-state index contributed by atoms with van der Waals surface area (Å²) in [6.07, 6.45) is -4.47. The van der Waals surface area contributed by atoms with Gasteiger partial charge in [-0.1, -0.05) is 0 Å². The van der Waals surface area contributed by atoms with Crippen LogP contribution in [0.5, 0.6) is 5.75 Å². The molecule has 0 radical (unpaired) electrons. The van der Waals surface area contributed by atoms with E-state index in [-0.39, 0.29) is 0 Å². The number of hydrogen-bond donors (Lipinski definition) is 0. The van der Waals surface area contributed by atoms with Gasteiger partial charge >= 0.3 is 6.36 Å². The van der Waals surface area contributed by atoms with E-state index < -0.39 is 28.3 Å². The number of ether oxygens (including phenoxy) is 1. The fourth-order valence-corrected chi connectivity index (χ4v) is 0.913. The Bertz CT molecular complexity index is 353. The number of halogens is 6. The van der Waals surface area contributed by atoms with E-state index in [4.69, 9.17) is 0 Å². The van der Waals surface area contributed by atoms with Crippen LogP contribution in [0, 0.1) is 11.8 Å². The molecular formula is C6HBrF5NO. The number of nitrogens with zero attached hydrogens (tertiary/aromatic N) is 1. The minimum Gasteiger partial charge on any atom is -0.398 e. The molecule has 0 spiro atoms. The minimum atomic E-state index is -5.16. The first-order valence-corrected chi connectivity index (χ1v) is 3.86. The van der Waals surface area contributed by atoms with Gasteiger partial charge in [-0.2, -0.15) is 4.39 Å². The van der Waals surface area contributed by atoms with Crippen LogP contribution in [0.25, 0.3) is 0 Å². The maximum atomic E-state index is 12.8. The van der Waals surface area contributed by atoms with Crippen molar-refractivity contribution < 1.29 is 26.7 Å². The quantitative estimate of drug-likeness (QED) is 0.582. The van der Waals surface area contributed by atoms with E-state index in [2.05, 4.69) is 25.7 Å². The zero-order chi connectivity index (χ0) is 10.9. The molecule has 0 bridgehead atoms. The number of hydrogen-bond acceptors (Lipinski definition) is 2. The highest BCUT2D eigenvalue weighted by molar-refractivity contribution is 9.10. The Morgan fingerprint density at radius 1 is 1.29 bits per heavy atom. The molecule has 0 fully saturated rings. The lowest BCUT2D eigenvalue weighted by molar-refractivity contribution is -0.276. The first-order valence-electron chi connectivity index (χ1n) is 3.06. The van der Waals surface area contributed by atoms with E-state index in [9.17, 15) is 22.0 Å². The molecule has 1 heterocycles. The third kappa shape index (κ3) is 2.53. The van der Waals surface area contributed by atoms with Crippen molar-refractivity contribution in [2.75, 3.05) is 0 Å². The first kappa shape index (κ1) is 11.2. The van der Waals surface area contributed by atoms with Gasteiger partial charge < -0.3 is 4.74 Å². The van der Waals surface area contributed by atoms with Crippen LogP contribution in [0.3, 0.4) is 0 Å². The van der Waals surface area contributed by atoms with Crippen LogP contribution in [0.4, 0.5) is 22.0 Å². The van der Waals surface area contributed by atoms with Crippen molar-refractivity contribution in [2.45, 2.75) is 6.36 Å². The highest BCUT2D eigenvalue weighted by Crippen LogP contribution is 2.30. The molecule has 0 saturated carbocycles. The maximum Gasteiger partial charge on any atom is 0.573 e. The van der Waals surface area contributed by atoms with Crippen LogP contribution in [0.1, 0.15) is 0 Å². The van der Waals surface area contributed by atoms with E-state index in [1.807, 2.05) is 0 Å². The topological polar surface area (TPSA) is 22.1 Å². The van der Waals surface area contributed by atoms with Crippen molar-refractivity contribution in [3.05, 3.63) is 22.4 Å². The normalized spacial score (nSPS) is 11.6. The van der Waals surface area contributed by atoms with Gasteiger partial charge in [0, 0.05) is 6.20 Å². The van der Waals surface area contributed by atoms with E-state index in [0.29, 0.717) is 6.20 Å². The number of pyridine rings is 1. The van der Waals surface area contributed by atoms with Gasteiger partial charge in [-0.25, -0.2) is 9.37 Å². The highest BCUT2D eigenvalue weighted by atomic mass is 79.9. The molecule has 0 aromatic carbocycles. The van der Waals surface area contributed by atoms with Gasteiger partial charge in [0.15, 0.2) is 5.82 Å². The Morgan fingerprint density at radius 2 is 1.86 bits per heavy atom. The van der Waals surface area contributed by atoms with Crippen molar-refractivity contribution in [1.82, 2.24) is 4.98 Å². The van der Waals surface area contributed by atoms with E-state index in [1.165, 1.54) is 0 Å². The average Bonchev–Trinajstić information content (AvgIpc) is 2.04. The Morgan fingerprint density at radius 3 is 2.36 bits per heavy atom. The smallest absolute Gasteiger partial charge is 0.398 e. The second-order valence-electron chi connectivity index (χ2n) is 2.09. The van der Waals surface area contributed by atoms with Crippen molar-refractivity contribution in [2.24, 2.45) is 0 Å². The third-order valence-electron chi connectivity index (χ3n) is 1.11. The predicted molar refractivity (Wildman–Crippen MR) is 38.5 cm³/mol. The van der Waals surface area contributed by atoms with E-state index >= 15 is 0 Å². The van der Waals surface area contributed by atoms with Gasteiger partial charge in [0.1, 0.15) is 0 Å². The average molecular weight is 278 g/mol. The summed E-state index contributed by atoms with van der Waals surface area (Å²) in [6, 6.07) is 0. The van der Waals surface area contributed by atoms with Gasteiger partial charge in [-0.3, -0.25) is 0 Å². The van der Waals surface area contributed by atoms with Crippen molar-refractivity contribution in [1.29, 1.82) is 0 Å². The van der Waals surface area contributed by atoms with Crippen molar-refractivity contribution >= 4 is 15.9 Å². The van der Waals surface area contributed by atoms with Crippen LogP contribution in [0.15, 0.2) is 10.7 Å². The Hall–Kier alpha value is -0.920. The SMILES string of the molecule is Fc1ncc(Br)c(F)c1OC(F)(F)F. The lowest BCUT2D eigenvalue weighted by Crippen LogP contribution is -2.19. The number of aromatic nitrogens is 1. The second-order valence-corrected chi connectivity index (χ2v) is 2.94. The molecule has 0 unspecified atom stereocenters. The Kier molecular flexibility index (Phi) is 2.93. The molecule has 1 rings (SSSR count). The molecule has 14 heavy (non-hydrogen) atoms. The standard InChI is InChI=1S/C6HBrF5NO/c7-2-1-13-5(9)4(3(2)8)14-6(10,11)12/h1H. The van der Waals surface area contributed by atoms with E-state index in [1.54, 1.807) is 0 Å². The zero-order valence-electron chi connectivity index (χ0n) is 6.20. The monoisotopic (exact) mass is 277 g/mol. The summed E-state index contributed by atoms with van der Waals surface area (Å²) in [5, 5.41) is 0. The molecule has 78 valence electrons. The number of alkyl halides is 3. The molecule has 0 N–H and O–H groups in total. The summed E-state index contributed by atoms with van der Waals surface area (Å²) >= 11 is 2.54. The van der Waals surface area contributed by atoms with Gasteiger partial charge in [0.2, 0.25) is 5.75 Å². The summed E-state index contributed by atoms with van der Waals surface area (Å²) in [5.74, 6) is -4.73. The van der Waals surface area contributed by atoms with Crippen molar-refractivity contribution in [3.63, 3.8) is 0 Å². The molecule has 2 nitrogen and oxygen atoms in total. The summed E-state index contributed by atoms with van der Waals surface area (Å²) in [6.45, 7) is 0. The number of rotatable bonds is 1.